The molecule has 1 aromatic rings. The molecule has 1 amide bonds. The Labute approximate surface area is 162 Å². The molecule has 0 spiro atoms. The van der Waals surface area contributed by atoms with Crippen LogP contribution in [0.25, 0.3) is 0 Å². The standard InChI is InChI=1S/C20H30N2O3.ClH/c23-20(25-16-18-4-2-1-3-5-18)22-13-8-19(9-14-22)24-15-10-17-6-11-21-12-7-17;/h1-5,17,19,21H,6-16H2;1H. The third kappa shape index (κ3) is 6.78. The van der Waals surface area contributed by atoms with Crippen LogP contribution in [0, 0.1) is 5.92 Å². The number of piperidine rings is 2. The van der Waals surface area contributed by atoms with E-state index in [4.69, 9.17) is 9.47 Å². The molecule has 0 aliphatic carbocycles. The molecule has 1 N–H and O–H groups in total. The summed E-state index contributed by atoms with van der Waals surface area (Å²) in [5.74, 6) is 0.814. The van der Waals surface area contributed by atoms with Crippen molar-refractivity contribution in [3.05, 3.63) is 35.9 Å². The number of nitrogens with zero attached hydrogens (tertiary/aromatic N) is 1. The predicted molar refractivity (Wildman–Crippen MR) is 105 cm³/mol. The van der Waals surface area contributed by atoms with Crippen LogP contribution >= 0.6 is 12.4 Å². The van der Waals surface area contributed by atoms with Gasteiger partial charge in [0.2, 0.25) is 0 Å². The topological polar surface area (TPSA) is 50.8 Å². The molecule has 0 atom stereocenters. The molecule has 2 fully saturated rings. The lowest BCUT2D eigenvalue weighted by Gasteiger charge is -2.31. The zero-order valence-corrected chi connectivity index (χ0v) is 16.2. The third-order valence-electron chi connectivity index (χ3n) is 5.24. The first-order valence-corrected chi connectivity index (χ1v) is 9.59. The van der Waals surface area contributed by atoms with E-state index in [1.54, 1.807) is 4.90 Å². The molecule has 0 unspecified atom stereocenters. The lowest BCUT2D eigenvalue weighted by Crippen LogP contribution is -2.41. The normalized spacial score (nSPS) is 19.0. The minimum absolute atomic E-state index is 0. The second kappa shape index (κ2) is 11.4. The van der Waals surface area contributed by atoms with E-state index in [9.17, 15) is 4.79 Å². The Morgan fingerprint density at radius 2 is 1.77 bits per heavy atom. The van der Waals surface area contributed by atoms with Crippen LogP contribution in [0.2, 0.25) is 0 Å². The number of ether oxygens (including phenoxy) is 2. The summed E-state index contributed by atoms with van der Waals surface area (Å²) in [6.07, 6.45) is 5.61. The fourth-order valence-electron chi connectivity index (χ4n) is 3.59. The van der Waals surface area contributed by atoms with Crippen molar-refractivity contribution in [2.75, 3.05) is 32.8 Å². The van der Waals surface area contributed by atoms with E-state index in [1.807, 2.05) is 30.3 Å². The van der Waals surface area contributed by atoms with Crippen LogP contribution < -0.4 is 5.32 Å². The van der Waals surface area contributed by atoms with Gasteiger partial charge in [-0.25, -0.2) is 4.79 Å². The van der Waals surface area contributed by atoms with Gasteiger partial charge in [-0.2, -0.15) is 0 Å². The number of hydrogen-bond acceptors (Lipinski definition) is 4. The molecule has 2 aliphatic rings. The van der Waals surface area contributed by atoms with Gasteiger partial charge in [0, 0.05) is 19.7 Å². The molecule has 0 bridgehead atoms. The molecule has 0 aromatic heterocycles. The largest absolute Gasteiger partial charge is 0.445 e. The monoisotopic (exact) mass is 382 g/mol. The smallest absolute Gasteiger partial charge is 0.410 e. The van der Waals surface area contributed by atoms with Crippen molar-refractivity contribution < 1.29 is 14.3 Å². The maximum atomic E-state index is 12.2. The number of carbonyl (C=O) groups is 1. The van der Waals surface area contributed by atoms with Crippen molar-refractivity contribution in [3.63, 3.8) is 0 Å². The summed E-state index contributed by atoms with van der Waals surface area (Å²) < 4.78 is 11.4. The van der Waals surface area contributed by atoms with Gasteiger partial charge in [0.05, 0.1) is 6.10 Å². The van der Waals surface area contributed by atoms with Crippen LogP contribution in [-0.2, 0) is 16.1 Å². The van der Waals surface area contributed by atoms with E-state index in [2.05, 4.69) is 5.32 Å². The number of halogens is 1. The number of benzene rings is 1. The highest BCUT2D eigenvalue weighted by Gasteiger charge is 2.24. The zero-order valence-electron chi connectivity index (χ0n) is 15.4. The minimum Gasteiger partial charge on any atom is -0.445 e. The summed E-state index contributed by atoms with van der Waals surface area (Å²) in [5, 5.41) is 3.40. The number of amides is 1. The molecule has 0 radical (unpaired) electrons. The van der Waals surface area contributed by atoms with E-state index < -0.39 is 0 Å². The third-order valence-corrected chi connectivity index (χ3v) is 5.24. The average molecular weight is 383 g/mol. The van der Waals surface area contributed by atoms with Crippen LogP contribution in [0.4, 0.5) is 4.79 Å². The predicted octanol–water partition coefficient (Wildman–Crippen LogP) is 3.62. The van der Waals surface area contributed by atoms with Gasteiger partial charge >= 0.3 is 6.09 Å². The second-order valence-corrected chi connectivity index (χ2v) is 7.08. The molecular weight excluding hydrogens is 352 g/mol. The van der Waals surface area contributed by atoms with Gasteiger partial charge in [0.1, 0.15) is 6.61 Å². The van der Waals surface area contributed by atoms with E-state index in [0.29, 0.717) is 12.7 Å². The van der Waals surface area contributed by atoms with Crippen molar-refractivity contribution >= 4 is 18.5 Å². The molecule has 3 rings (SSSR count). The van der Waals surface area contributed by atoms with E-state index in [0.717, 1.165) is 57.1 Å². The second-order valence-electron chi connectivity index (χ2n) is 7.08. The summed E-state index contributed by atoms with van der Waals surface area (Å²) in [7, 11) is 0. The molecule has 146 valence electrons. The highest BCUT2D eigenvalue weighted by atomic mass is 35.5. The SMILES string of the molecule is Cl.O=C(OCc1ccccc1)N1CCC(OCCC2CCNCC2)CC1. The van der Waals surface area contributed by atoms with Gasteiger partial charge in [-0.05, 0) is 56.7 Å². The fourth-order valence-corrected chi connectivity index (χ4v) is 3.59. The first kappa shape index (κ1) is 21.0. The summed E-state index contributed by atoms with van der Waals surface area (Å²) >= 11 is 0. The number of rotatable bonds is 6. The highest BCUT2D eigenvalue weighted by Crippen LogP contribution is 2.19. The van der Waals surface area contributed by atoms with E-state index in [-0.39, 0.29) is 18.5 Å². The average Bonchev–Trinajstić information content (AvgIpc) is 2.68. The van der Waals surface area contributed by atoms with Crippen LogP contribution in [0.5, 0.6) is 0 Å². The van der Waals surface area contributed by atoms with Crippen LogP contribution in [0.1, 0.15) is 37.7 Å². The Hall–Kier alpha value is -1.30. The Bertz CT molecular complexity index is 515. The summed E-state index contributed by atoms with van der Waals surface area (Å²) in [5.41, 5.74) is 1.02. The summed E-state index contributed by atoms with van der Waals surface area (Å²) in [6, 6.07) is 9.80. The van der Waals surface area contributed by atoms with Gasteiger partial charge in [0.25, 0.3) is 0 Å². The molecule has 2 saturated heterocycles. The highest BCUT2D eigenvalue weighted by molar-refractivity contribution is 5.85. The Kier molecular flexibility index (Phi) is 9.23. The van der Waals surface area contributed by atoms with Crippen molar-refractivity contribution in [2.45, 2.75) is 44.8 Å². The number of nitrogens with one attached hydrogen (secondary N) is 1. The molecule has 5 nitrogen and oxygen atoms in total. The molecule has 0 saturated carbocycles. The molecule has 2 heterocycles. The van der Waals surface area contributed by atoms with Crippen LogP contribution in [0.3, 0.4) is 0 Å². The van der Waals surface area contributed by atoms with Crippen molar-refractivity contribution in [3.8, 4) is 0 Å². The van der Waals surface area contributed by atoms with Crippen LogP contribution in [-0.4, -0.2) is 49.9 Å². The lowest BCUT2D eigenvalue weighted by molar-refractivity contribution is -0.00103. The minimum atomic E-state index is -0.211. The van der Waals surface area contributed by atoms with Crippen molar-refractivity contribution in [1.29, 1.82) is 0 Å². The van der Waals surface area contributed by atoms with E-state index in [1.165, 1.54) is 19.3 Å². The fraction of sp³-hybridized carbons (Fsp3) is 0.650. The zero-order chi connectivity index (χ0) is 17.3. The summed E-state index contributed by atoms with van der Waals surface area (Å²) in [4.78, 5) is 14.0. The van der Waals surface area contributed by atoms with Gasteiger partial charge in [-0.15, -0.1) is 12.4 Å². The molecule has 6 heteroatoms. The molecule has 26 heavy (non-hydrogen) atoms. The van der Waals surface area contributed by atoms with E-state index >= 15 is 0 Å². The van der Waals surface area contributed by atoms with Gasteiger partial charge in [-0.1, -0.05) is 30.3 Å². The molecule has 1 aromatic carbocycles. The molecular formula is C20H31ClN2O3. The quantitative estimate of drug-likeness (QED) is 0.816. The Balaban J connectivity index is 0.00000243. The number of likely N-dealkylation sites (tertiary alicyclic amines) is 1. The number of carbonyl (C=O) groups excluding carboxylic acids is 1. The maximum Gasteiger partial charge on any atom is 0.410 e. The maximum absolute atomic E-state index is 12.2. The van der Waals surface area contributed by atoms with Crippen molar-refractivity contribution in [1.82, 2.24) is 10.2 Å². The summed E-state index contributed by atoms with van der Waals surface area (Å²) in [6.45, 7) is 4.94. The van der Waals surface area contributed by atoms with Crippen molar-refractivity contribution in [2.24, 2.45) is 5.92 Å². The number of hydrogen-bond donors (Lipinski definition) is 1. The lowest BCUT2D eigenvalue weighted by atomic mass is 9.95. The Morgan fingerprint density at radius 1 is 1.08 bits per heavy atom. The molecule has 2 aliphatic heterocycles. The first-order chi connectivity index (χ1) is 12.3. The van der Waals surface area contributed by atoms with Gasteiger partial charge < -0.3 is 19.7 Å². The van der Waals surface area contributed by atoms with Crippen LogP contribution in [0.15, 0.2) is 30.3 Å². The van der Waals surface area contributed by atoms with Gasteiger partial charge in [-0.3, -0.25) is 0 Å². The Morgan fingerprint density at radius 3 is 2.46 bits per heavy atom. The first-order valence-electron chi connectivity index (χ1n) is 9.59. The van der Waals surface area contributed by atoms with Gasteiger partial charge in [0.15, 0.2) is 0 Å².